The highest BCUT2D eigenvalue weighted by molar-refractivity contribution is 5.83. The highest BCUT2D eigenvalue weighted by atomic mass is 16.4. The fraction of sp³-hybridized carbons (Fsp3) is 0.867. The Labute approximate surface area is 124 Å². The average molecular weight is 296 g/mol. The lowest BCUT2D eigenvalue weighted by atomic mass is 9.75. The molecule has 3 rings (SSSR count). The Bertz CT molecular complexity index is 428. The third-order valence-electron chi connectivity index (χ3n) is 5.37. The maximum atomic E-state index is 12.6. The first-order chi connectivity index (χ1) is 10.1. The van der Waals surface area contributed by atoms with Crippen molar-refractivity contribution in [3.63, 3.8) is 0 Å². The van der Waals surface area contributed by atoms with Gasteiger partial charge in [-0.05, 0) is 24.7 Å². The summed E-state index contributed by atoms with van der Waals surface area (Å²) < 4.78 is 0. The smallest absolute Gasteiger partial charge is 0.326 e. The summed E-state index contributed by atoms with van der Waals surface area (Å²) in [5.41, 5.74) is 0. The molecule has 6 heteroatoms. The lowest BCUT2D eigenvalue weighted by Crippen LogP contribution is -2.52. The molecule has 0 aromatic heterocycles. The molecule has 21 heavy (non-hydrogen) atoms. The number of fused-ring (bicyclic) bond motifs is 1. The number of β-amino-alcohol motifs (C(OH)–C–C–N with tert-alkyl or cyclic N) is 1. The minimum absolute atomic E-state index is 0.139. The van der Waals surface area contributed by atoms with Gasteiger partial charge in [0.25, 0.3) is 0 Å². The Hall–Kier alpha value is -1.30. The number of aliphatic carboxylic acids is 1. The molecule has 1 saturated carbocycles. The molecular formula is C15H24N2O4. The van der Waals surface area contributed by atoms with Crippen molar-refractivity contribution in [2.75, 3.05) is 19.6 Å². The van der Waals surface area contributed by atoms with Crippen LogP contribution < -0.4 is 0 Å². The molecule has 3 aliphatic rings. The molecule has 2 heterocycles. The summed E-state index contributed by atoms with van der Waals surface area (Å²) >= 11 is 0. The summed E-state index contributed by atoms with van der Waals surface area (Å²) in [6.45, 7) is 1.61. The molecule has 1 aliphatic carbocycles. The molecule has 0 bridgehead atoms. The fourth-order valence-electron chi connectivity index (χ4n) is 4.22. The minimum atomic E-state index is -1.02. The summed E-state index contributed by atoms with van der Waals surface area (Å²) in [5.74, 6) is 0.293. The van der Waals surface area contributed by atoms with E-state index in [1.165, 1.54) is 30.6 Å². The molecule has 4 atom stereocenters. The maximum Gasteiger partial charge on any atom is 0.326 e. The predicted molar refractivity (Wildman–Crippen MR) is 75.8 cm³/mol. The predicted octanol–water partition coefficient (Wildman–Crippen LogP) is 1.14. The van der Waals surface area contributed by atoms with E-state index in [0.717, 1.165) is 25.4 Å². The number of hydrogen-bond acceptors (Lipinski definition) is 3. The molecule has 118 valence electrons. The van der Waals surface area contributed by atoms with E-state index in [9.17, 15) is 19.8 Å². The van der Waals surface area contributed by atoms with Gasteiger partial charge in [0.05, 0.1) is 6.10 Å². The van der Waals surface area contributed by atoms with E-state index in [0.29, 0.717) is 5.92 Å². The van der Waals surface area contributed by atoms with E-state index < -0.39 is 18.1 Å². The van der Waals surface area contributed by atoms with Crippen molar-refractivity contribution in [3.05, 3.63) is 0 Å². The van der Waals surface area contributed by atoms with E-state index in [-0.39, 0.29) is 19.0 Å². The maximum absolute atomic E-state index is 12.6. The Balaban J connectivity index is 1.66. The van der Waals surface area contributed by atoms with Gasteiger partial charge in [-0.25, -0.2) is 9.59 Å². The van der Waals surface area contributed by atoms with Gasteiger partial charge in [-0.3, -0.25) is 0 Å². The van der Waals surface area contributed by atoms with Gasteiger partial charge < -0.3 is 20.0 Å². The van der Waals surface area contributed by atoms with Crippen molar-refractivity contribution >= 4 is 12.0 Å². The van der Waals surface area contributed by atoms with Crippen molar-refractivity contribution in [1.82, 2.24) is 9.80 Å². The number of carboxylic acid groups (broad SMARTS) is 1. The van der Waals surface area contributed by atoms with Crippen LogP contribution in [0, 0.1) is 11.8 Å². The molecular weight excluding hydrogens is 272 g/mol. The first-order valence-corrected chi connectivity index (χ1v) is 8.02. The van der Waals surface area contributed by atoms with Gasteiger partial charge >= 0.3 is 12.0 Å². The van der Waals surface area contributed by atoms with Gasteiger partial charge in [-0.15, -0.1) is 0 Å². The second-order valence-electron chi connectivity index (χ2n) is 6.72. The first-order valence-electron chi connectivity index (χ1n) is 8.02. The van der Waals surface area contributed by atoms with Crippen LogP contribution in [0.1, 0.15) is 38.5 Å². The van der Waals surface area contributed by atoms with Gasteiger partial charge in [0.1, 0.15) is 6.04 Å². The van der Waals surface area contributed by atoms with Crippen LogP contribution in [0.3, 0.4) is 0 Å². The number of piperidine rings is 1. The first kappa shape index (κ1) is 14.6. The fourth-order valence-corrected chi connectivity index (χ4v) is 4.22. The summed E-state index contributed by atoms with van der Waals surface area (Å²) in [4.78, 5) is 27.0. The van der Waals surface area contributed by atoms with E-state index in [1.54, 1.807) is 4.90 Å². The van der Waals surface area contributed by atoms with Crippen molar-refractivity contribution in [2.45, 2.75) is 50.7 Å². The molecule has 0 radical (unpaired) electrons. The zero-order valence-corrected chi connectivity index (χ0v) is 12.3. The third-order valence-corrected chi connectivity index (χ3v) is 5.37. The monoisotopic (exact) mass is 296 g/mol. The quantitative estimate of drug-likeness (QED) is 0.760. The molecule has 2 unspecified atom stereocenters. The normalized spacial score (nSPS) is 36.4. The average Bonchev–Trinajstić information content (AvgIpc) is 2.88. The van der Waals surface area contributed by atoms with Crippen LogP contribution in [0.5, 0.6) is 0 Å². The van der Waals surface area contributed by atoms with E-state index in [2.05, 4.69) is 0 Å². The van der Waals surface area contributed by atoms with Gasteiger partial charge in [-0.1, -0.05) is 19.3 Å². The summed E-state index contributed by atoms with van der Waals surface area (Å²) in [6, 6.07) is -1.08. The topological polar surface area (TPSA) is 81.1 Å². The number of hydrogen-bond donors (Lipinski definition) is 2. The molecule has 2 amide bonds. The van der Waals surface area contributed by atoms with Crippen LogP contribution >= 0.6 is 0 Å². The number of nitrogens with zero attached hydrogens (tertiary/aromatic N) is 2. The van der Waals surface area contributed by atoms with Crippen LogP contribution in [-0.2, 0) is 4.79 Å². The molecule has 0 aromatic carbocycles. The molecule has 0 spiro atoms. The number of rotatable bonds is 1. The summed E-state index contributed by atoms with van der Waals surface area (Å²) in [7, 11) is 0. The van der Waals surface area contributed by atoms with Gasteiger partial charge in [0.15, 0.2) is 0 Å². The lowest BCUT2D eigenvalue weighted by molar-refractivity contribution is -0.141. The number of amides is 2. The largest absolute Gasteiger partial charge is 0.480 e. The van der Waals surface area contributed by atoms with Gasteiger partial charge in [0.2, 0.25) is 0 Å². The van der Waals surface area contributed by atoms with E-state index in [1.807, 2.05) is 0 Å². The number of aliphatic hydroxyl groups is 1. The lowest BCUT2D eigenvalue weighted by Gasteiger charge is -2.42. The van der Waals surface area contributed by atoms with Crippen molar-refractivity contribution in [3.8, 4) is 0 Å². The van der Waals surface area contributed by atoms with Crippen molar-refractivity contribution in [1.29, 1.82) is 0 Å². The molecule has 6 nitrogen and oxygen atoms in total. The number of likely N-dealkylation sites (tertiary alicyclic amines) is 2. The zero-order chi connectivity index (χ0) is 15.0. The zero-order valence-electron chi connectivity index (χ0n) is 12.3. The molecule has 3 fully saturated rings. The SMILES string of the molecule is O=C(O)[C@@H]1C[C@@H](O)CN1C(=O)N1CCC2CCCCC2C1. The van der Waals surface area contributed by atoms with Gasteiger partial charge in [-0.2, -0.15) is 0 Å². The second-order valence-corrected chi connectivity index (χ2v) is 6.72. The Morgan fingerprint density at radius 1 is 1.00 bits per heavy atom. The summed E-state index contributed by atoms with van der Waals surface area (Å²) in [5, 5.41) is 18.9. The Morgan fingerprint density at radius 2 is 1.71 bits per heavy atom. The molecule has 2 aliphatic heterocycles. The second kappa shape index (κ2) is 5.83. The van der Waals surface area contributed by atoms with E-state index in [4.69, 9.17) is 0 Å². The third kappa shape index (κ3) is 2.86. The number of aliphatic hydroxyl groups excluding tert-OH is 1. The van der Waals surface area contributed by atoms with Crippen LogP contribution in [0.4, 0.5) is 4.79 Å². The standard InChI is InChI=1S/C15H24N2O4/c18-12-7-13(14(19)20)17(9-12)15(21)16-6-5-10-3-1-2-4-11(10)8-16/h10-13,18H,1-9H2,(H,19,20)/t10?,11?,12-,13+/m1/s1. The van der Waals surface area contributed by atoms with E-state index >= 15 is 0 Å². The van der Waals surface area contributed by atoms with Gasteiger partial charge in [0, 0.05) is 26.1 Å². The molecule has 2 N–H and O–H groups in total. The summed E-state index contributed by atoms with van der Waals surface area (Å²) in [6.07, 6.45) is 5.44. The Morgan fingerprint density at radius 3 is 2.43 bits per heavy atom. The Kier molecular flexibility index (Phi) is 4.06. The number of urea groups is 1. The van der Waals surface area contributed by atoms with Crippen molar-refractivity contribution < 1.29 is 19.8 Å². The highest BCUT2D eigenvalue weighted by Gasteiger charge is 2.42. The highest BCUT2D eigenvalue weighted by Crippen LogP contribution is 2.36. The molecule has 0 aromatic rings. The number of carbonyl (C=O) groups is 2. The van der Waals surface area contributed by atoms with Crippen LogP contribution in [0.25, 0.3) is 0 Å². The van der Waals surface area contributed by atoms with Crippen LogP contribution in [0.2, 0.25) is 0 Å². The van der Waals surface area contributed by atoms with Crippen LogP contribution in [0.15, 0.2) is 0 Å². The number of carboxylic acids is 1. The van der Waals surface area contributed by atoms with Crippen molar-refractivity contribution in [2.24, 2.45) is 11.8 Å². The van der Waals surface area contributed by atoms with Crippen LogP contribution in [-0.4, -0.2) is 63.8 Å². The number of carbonyl (C=O) groups excluding carboxylic acids is 1. The molecule has 2 saturated heterocycles. The minimum Gasteiger partial charge on any atom is -0.480 e.